The highest BCUT2D eigenvalue weighted by Crippen LogP contribution is 2.36. The fourth-order valence-corrected chi connectivity index (χ4v) is 3.82. The van der Waals surface area contributed by atoms with Crippen molar-refractivity contribution >= 4 is 36.6 Å². The molecule has 2 heteroatoms. The number of allylic oxidation sites excluding steroid dienone is 12. The Morgan fingerprint density at radius 2 is 1.56 bits per heavy atom. The molecule has 0 spiro atoms. The van der Waals surface area contributed by atoms with Crippen LogP contribution >= 0.6 is 0 Å². The third-order valence-corrected chi connectivity index (χ3v) is 5.25. The maximum absolute atomic E-state index is 4.22. The molecule has 0 bridgehead atoms. The molecule has 3 rings (SSSR count). The minimum absolute atomic E-state index is 1.04. The van der Waals surface area contributed by atoms with Crippen LogP contribution in [-0.2, 0) is 0 Å². The molecule has 2 heterocycles. The Balaban J connectivity index is 2.27. The summed E-state index contributed by atoms with van der Waals surface area (Å²) in [6.45, 7) is 22.3. The van der Waals surface area contributed by atoms with Crippen LogP contribution < -0.4 is 10.9 Å². The van der Waals surface area contributed by atoms with Crippen molar-refractivity contribution < 1.29 is 0 Å². The second-order valence-corrected chi connectivity index (χ2v) is 7.07. The first-order valence-corrected chi connectivity index (χ1v) is 9.17. The maximum Gasteiger partial charge on any atom is 0.192 e. The summed E-state index contributed by atoms with van der Waals surface area (Å²) in [6.07, 6.45) is 9.88. The molecule has 0 atom stereocenters. The molecule has 0 N–H and O–H groups in total. The molecule has 0 saturated carbocycles. The summed E-state index contributed by atoms with van der Waals surface area (Å²) in [7, 11) is 4.49. The monoisotopic (exact) mass is 346 g/mol. The smallest absolute Gasteiger partial charge is 0.104 e. The Kier molecular flexibility index (Phi) is 5.28. The van der Waals surface area contributed by atoms with Crippen molar-refractivity contribution in [2.75, 3.05) is 0 Å². The second-order valence-electron chi connectivity index (χ2n) is 7.07. The zero-order valence-corrected chi connectivity index (χ0v) is 16.5. The van der Waals surface area contributed by atoms with Crippen molar-refractivity contribution in [3.8, 4) is 0 Å². The molecule has 2 aliphatic heterocycles. The van der Waals surface area contributed by atoms with Gasteiger partial charge in [0.1, 0.15) is 0 Å². The van der Waals surface area contributed by atoms with Crippen molar-refractivity contribution in [1.29, 1.82) is 0 Å². The van der Waals surface area contributed by atoms with Gasteiger partial charge in [-0.2, -0.15) is 0 Å². The summed E-state index contributed by atoms with van der Waals surface area (Å²) in [5, 5.41) is 0. The Morgan fingerprint density at radius 1 is 0.889 bits per heavy atom. The van der Waals surface area contributed by atoms with Gasteiger partial charge in [0.15, 0.2) is 14.6 Å². The Labute approximate surface area is 165 Å². The molecule has 1 aromatic rings. The van der Waals surface area contributed by atoms with Crippen molar-refractivity contribution in [2.24, 2.45) is 0 Å². The van der Waals surface area contributed by atoms with Crippen LogP contribution in [0.25, 0.3) is 11.1 Å². The van der Waals surface area contributed by atoms with Crippen molar-refractivity contribution in [1.82, 2.24) is 0 Å². The average molecular weight is 346 g/mol. The third-order valence-electron chi connectivity index (χ3n) is 5.25. The van der Waals surface area contributed by atoms with E-state index < -0.39 is 0 Å². The molecule has 1 aromatic carbocycles. The van der Waals surface area contributed by atoms with E-state index in [0.717, 1.165) is 16.6 Å². The van der Waals surface area contributed by atoms with Crippen molar-refractivity contribution in [3.63, 3.8) is 0 Å². The first kappa shape index (κ1) is 19.0. The molecular weight excluding hydrogens is 322 g/mol. The number of hydrogen-bond acceptors (Lipinski definition) is 0. The molecule has 2 aliphatic rings. The largest absolute Gasteiger partial charge is 0.192 e. The number of rotatable bonds is 4. The lowest BCUT2D eigenvalue weighted by atomic mass is 9.57. The van der Waals surface area contributed by atoms with Crippen LogP contribution in [0.3, 0.4) is 0 Å². The maximum atomic E-state index is 4.22. The normalized spacial score (nSPS) is 20.5. The van der Waals surface area contributed by atoms with E-state index in [1.807, 2.05) is 24.3 Å². The second kappa shape index (κ2) is 7.48. The van der Waals surface area contributed by atoms with Crippen molar-refractivity contribution in [3.05, 3.63) is 108 Å². The summed E-state index contributed by atoms with van der Waals surface area (Å²) in [4.78, 5) is 0. The summed E-state index contributed by atoms with van der Waals surface area (Å²) in [5.41, 5.74) is 13.2. The van der Waals surface area contributed by atoms with E-state index in [1.165, 1.54) is 44.2 Å². The van der Waals surface area contributed by atoms with E-state index in [2.05, 4.69) is 79.9 Å². The van der Waals surface area contributed by atoms with Gasteiger partial charge < -0.3 is 0 Å². The lowest BCUT2D eigenvalue weighted by molar-refractivity contribution is 1.42. The van der Waals surface area contributed by atoms with E-state index >= 15 is 0 Å². The Hall–Kier alpha value is -2.73. The highest BCUT2D eigenvalue weighted by atomic mass is 14.2. The molecule has 0 amide bonds. The van der Waals surface area contributed by atoms with Gasteiger partial charge in [-0.15, -0.1) is 6.58 Å². The summed E-state index contributed by atoms with van der Waals surface area (Å²) in [6, 6.07) is 4.42. The molecule has 130 valence electrons. The van der Waals surface area contributed by atoms with Gasteiger partial charge in [0, 0.05) is 0 Å². The minimum atomic E-state index is 1.04. The van der Waals surface area contributed by atoms with Gasteiger partial charge in [-0.1, -0.05) is 95.3 Å². The molecular formula is C25H24B2. The predicted molar refractivity (Wildman–Crippen MR) is 124 cm³/mol. The van der Waals surface area contributed by atoms with Gasteiger partial charge >= 0.3 is 0 Å². The highest BCUT2D eigenvalue weighted by Gasteiger charge is 2.32. The molecule has 0 fully saturated rings. The summed E-state index contributed by atoms with van der Waals surface area (Å²) in [5.74, 6) is 0. The first-order chi connectivity index (χ1) is 12.9. The average Bonchev–Trinajstić information content (AvgIpc) is 3.19. The minimum Gasteiger partial charge on any atom is -0.104 e. The van der Waals surface area contributed by atoms with Crippen LogP contribution in [0.4, 0.5) is 0 Å². The van der Waals surface area contributed by atoms with Crippen LogP contribution in [-0.4, -0.2) is 14.6 Å². The van der Waals surface area contributed by atoms with Gasteiger partial charge in [-0.05, 0) is 48.6 Å². The van der Waals surface area contributed by atoms with E-state index in [9.17, 15) is 0 Å². The molecule has 0 aromatic heterocycles. The van der Waals surface area contributed by atoms with Gasteiger partial charge in [-0.3, -0.25) is 0 Å². The van der Waals surface area contributed by atoms with E-state index in [0.29, 0.717) is 0 Å². The Bertz CT molecular complexity index is 1010. The Morgan fingerprint density at radius 3 is 2.19 bits per heavy atom. The fraction of sp³-hybridized carbons (Fsp3) is 0.120. The molecule has 0 unspecified atom stereocenters. The lowest BCUT2D eigenvalue weighted by Gasteiger charge is -2.11. The number of benzene rings is 1. The molecule has 2 radical (unpaired) electrons. The van der Waals surface area contributed by atoms with Crippen LogP contribution in [0.5, 0.6) is 0 Å². The van der Waals surface area contributed by atoms with Gasteiger partial charge in [0.05, 0.1) is 0 Å². The zero-order valence-electron chi connectivity index (χ0n) is 16.5. The molecule has 0 aliphatic carbocycles. The van der Waals surface area contributed by atoms with Crippen LogP contribution in [0, 0.1) is 0 Å². The number of hydrogen-bond donors (Lipinski definition) is 0. The molecule has 0 saturated heterocycles. The number of fused-ring (bicyclic) bond motifs is 3. The first-order valence-electron chi connectivity index (χ1n) is 9.17. The van der Waals surface area contributed by atoms with E-state index in [1.54, 1.807) is 0 Å². The van der Waals surface area contributed by atoms with Gasteiger partial charge in [0.25, 0.3) is 0 Å². The van der Waals surface area contributed by atoms with Crippen LogP contribution in [0.2, 0.25) is 0 Å². The van der Waals surface area contributed by atoms with Crippen molar-refractivity contribution in [2.45, 2.75) is 20.8 Å². The quantitative estimate of drug-likeness (QED) is 0.542. The van der Waals surface area contributed by atoms with E-state index in [-0.39, 0.29) is 0 Å². The van der Waals surface area contributed by atoms with Crippen LogP contribution in [0.1, 0.15) is 31.9 Å². The standard InChI is InChI=1S/C25H24B2/c1-8-11-19-18(7)26-24-20(19)12-13-21-22(16(5)10-3)23(27-25(21)24)17(6)14-15(4)9-2/h8-14H,1-3,7H2,4-6H3/b15-14+,19-11+,22-16+,23-17+. The lowest BCUT2D eigenvalue weighted by Crippen LogP contribution is -2.34. The summed E-state index contributed by atoms with van der Waals surface area (Å²) >= 11 is 0. The third kappa shape index (κ3) is 3.21. The van der Waals surface area contributed by atoms with Crippen LogP contribution in [0.15, 0.2) is 96.5 Å². The van der Waals surface area contributed by atoms with Gasteiger partial charge in [-0.25, -0.2) is 0 Å². The molecule has 27 heavy (non-hydrogen) atoms. The fourth-order valence-electron chi connectivity index (χ4n) is 3.82. The summed E-state index contributed by atoms with van der Waals surface area (Å²) < 4.78 is 0. The predicted octanol–water partition coefficient (Wildman–Crippen LogP) is 4.82. The zero-order chi connectivity index (χ0) is 19.7. The highest BCUT2D eigenvalue weighted by molar-refractivity contribution is 6.80. The SMILES string of the molecule is C=C/C=C1\C(=C)[B]c2c1ccc1c2[B]C(=C(C)/C=C(\C)C=C)/C1=C(\C)C=C. The topological polar surface area (TPSA) is 0 Å². The van der Waals surface area contributed by atoms with Gasteiger partial charge in [0.2, 0.25) is 0 Å². The van der Waals surface area contributed by atoms with E-state index in [4.69, 9.17) is 0 Å². The molecule has 0 nitrogen and oxygen atoms in total.